The number of fused-ring (bicyclic) bond motifs is 2. The number of pyridine rings is 2. The molecule has 4 atom stereocenters. The third-order valence-electron chi connectivity index (χ3n) is 10.2. The quantitative estimate of drug-likeness (QED) is 0.147. The number of Topliss-reactive ketones (excluding diaryl/α,β-unsaturated/α-hetero) is 3. The maximum Gasteiger partial charge on any atom is 0.166 e. The predicted molar refractivity (Wildman–Crippen MR) is 179 cm³/mol. The first kappa shape index (κ1) is 35.1. The Bertz CT molecular complexity index is 1180. The van der Waals surface area contributed by atoms with Crippen molar-refractivity contribution in [2.45, 2.75) is 97.1 Å². The molecule has 2 fully saturated rings. The standard InChI is InChI=1S/C37H55N5O3/c1-6-7-8-9-10-11-12-13-14-19-24-42-33(31-20-15-17-22-38-31)36(29(2)43)27-41(26-25-40(4)5)28-37(30(3)44,35(36)45)34(42)32-21-16-18-23-39-32/h15-18,20-23,33-34H,6-14,19,24-28H2,1-5H3. The lowest BCUT2D eigenvalue weighted by molar-refractivity contribution is -0.189. The lowest BCUT2D eigenvalue weighted by atomic mass is 9.52. The lowest BCUT2D eigenvalue weighted by Gasteiger charge is -2.62. The van der Waals surface area contributed by atoms with Gasteiger partial charge in [0, 0.05) is 38.6 Å². The van der Waals surface area contributed by atoms with E-state index in [-0.39, 0.29) is 30.4 Å². The molecule has 4 unspecified atom stereocenters. The molecule has 0 saturated carbocycles. The minimum Gasteiger partial charge on any atom is -0.308 e. The van der Waals surface area contributed by atoms with Crippen molar-refractivity contribution in [2.75, 3.05) is 46.8 Å². The largest absolute Gasteiger partial charge is 0.308 e. The third-order valence-corrected chi connectivity index (χ3v) is 10.2. The summed E-state index contributed by atoms with van der Waals surface area (Å²) in [5, 5.41) is 0. The van der Waals surface area contributed by atoms with Crippen molar-refractivity contribution < 1.29 is 14.4 Å². The molecule has 4 heterocycles. The van der Waals surface area contributed by atoms with Gasteiger partial charge < -0.3 is 4.90 Å². The summed E-state index contributed by atoms with van der Waals surface area (Å²) in [6.07, 6.45) is 15.6. The number of piperidine rings is 2. The van der Waals surface area contributed by atoms with E-state index in [0.29, 0.717) is 24.5 Å². The molecule has 0 aromatic carbocycles. The number of unbranched alkanes of at least 4 members (excludes halogenated alkanes) is 9. The van der Waals surface area contributed by atoms with Crippen LogP contribution in [0.3, 0.4) is 0 Å². The number of nitrogens with zero attached hydrogens (tertiary/aromatic N) is 5. The van der Waals surface area contributed by atoms with Crippen LogP contribution in [0.1, 0.15) is 108 Å². The maximum absolute atomic E-state index is 15.1. The molecule has 2 aliphatic rings. The van der Waals surface area contributed by atoms with E-state index < -0.39 is 22.9 Å². The molecule has 0 amide bonds. The van der Waals surface area contributed by atoms with E-state index in [0.717, 1.165) is 25.8 Å². The Morgan fingerprint density at radius 3 is 1.62 bits per heavy atom. The number of likely N-dealkylation sites (N-methyl/N-ethyl adjacent to an activating group) is 1. The summed E-state index contributed by atoms with van der Waals surface area (Å²) in [5.74, 6) is -0.659. The van der Waals surface area contributed by atoms with Crippen LogP contribution < -0.4 is 0 Å². The van der Waals surface area contributed by atoms with Gasteiger partial charge in [-0.05, 0) is 65.2 Å². The number of carbonyl (C=O) groups is 3. The highest BCUT2D eigenvalue weighted by Crippen LogP contribution is 2.60. The van der Waals surface area contributed by atoms with Gasteiger partial charge in [0.2, 0.25) is 0 Å². The van der Waals surface area contributed by atoms with Crippen LogP contribution in [0.4, 0.5) is 0 Å². The molecule has 246 valence electrons. The molecule has 2 aliphatic heterocycles. The molecular formula is C37H55N5O3. The van der Waals surface area contributed by atoms with Crippen LogP contribution in [0.5, 0.6) is 0 Å². The fourth-order valence-electron chi connectivity index (χ4n) is 7.83. The summed E-state index contributed by atoms with van der Waals surface area (Å²) in [6, 6.07) is 10.2. The molecule has 0 spiro atoms. The van der Waals surface area contributed by atoms with Gasteiger partial charge in [-0.1, -0.05) is 76.8 Å². The number of hydrogen-bond donors (Lipinski definition) is 0. The van der Waals surface area contributed by atoms with E-state index in [1.165, 1.54) is 58.8 Å². The van der Waals surface area contributed by atoms with Gasteiger partial charge >= 0.3 is 0 Å². The van der Waals surface area contributed by atoms with Crippen molar-refractivity contribution in [1.82, 2.24) is 24.7 Å². The van der Waals surface area contributed by atoms with E-state index in [1.807, 2.05) is 50.5 Å². The molecule has 0 N–H and O–H groups in total. The van der Waals surface area contributed by atoms with Gasteiger partial charge in [0.15, 0.2) is 5.78 Å². The average molecular weight is 618 g/mol. The second-order valence-electron chi connectivity index (χ2n) is 13.6. The second-order valence-corrected chi connectivity index (χ2v) is 13.6. The van der Waals surface area contributed by atoms with Crippen molar-refractivity contribution in [3.05, 3.63) is 60.2 Å². The summed E-state index contributed by atoms with van der Waals surface area (Å²) in [5.41, 5.74) is -1.45. The van der Waals surface area contributed by atoms with Gasteiger partial charge in [0.25, 0.3) is 0 Å². The second kappa shape index (κ2) is 16.1. The number of likely N-dealkylation sites (tertiary alicyclic amines) is 2. The van der Waals surface area contributed by atoms with E-state index in [2.05, 4.69) is 21.6 Å². The van der Waals surface area contributed by atoms with Crippen molar-refractivity contribution in [3.8, 4) is 0 Å². The minimum atomic E-state index is -1.42. The number of aromatic nitrogens is 2. The van der Waals surface area contributed by atoms with Gasteiger partial charge in [-0.25, -0.2) is 0 Å². The Hall–Kier alpha value is -2.81. The minimum absolute atomic E-state index is 0.198. The number of carbonyl (C=O) groups excluding carboxylic acids is 3. The van der Waals surface area contributed by atoms with Crippen molar-refractivity contribution >= 4 is 17.3 Å². The Morgan fingerprint density at radius 2 is 1.22 bits per heavy atom. The van der Waals surface area contributed by atoms with Crippen molar-refractivity contribution in [3.63, 3.8) is 0 Å². The molecule has 2 saturated heterocycles. The Labute approximate surface area is 271 Å². The zero-order valence-corrected chi connectivity index (χ0v) is 28.3. The Morgan fingerprint density at radius 1 is 0.756 bits per heavy atom. The SMILES string of the molecule is CCCCCCCCCCCCN1C(c2ccccn2)C2(C(C)=O)CN(CCN(C)C)CC(C(C)=O)(C2=O)C1c1ccccn1. The summed E-state index contributed by atoms with van der Waals surface area (Å²) in [7, 11) is 4.03. The van der Waals surface area contributed by atoms with Gasteiger partial charge in [0.05, 0.1) is 23.5 Å². The van der Waals surface area contributed by atoms with Crippen LogP contribution in [0.15, 0.2) is 48.8 Å². The van der Waals surface area contributed by atoms with Crippen LogP contribution in [0.2, 0.25) is 0 Å². The predicted octanol–water partition coefficient (Wildman–Crippen LogP) is 6.09. The Balaban J connectivity index is 1.75. The highest BCUT2D eigenvalue weighted by Gasteiger charge is 2.72. The van der Waals surface area contributed by atoms with Crippen molar-refractivity contribution in [1.29, 1.82) is 0 Å². The van der Waals surface area contributed by atoms with Crippen LogP contribution in [-0.2, 0) is 14.4 Å². The van der Waals surface area contributed by atoms with Crippen LogP contribution >= 0.6 is 0 Å². The summed E-state index contributed by atoms with van der Waals surface area (Å²) >= 11 is 0. The highest BCUT2D eigenvalue weighted by molar-refractivity contribution is 6.19. The number of ketones is 3. The van der Waals surface area contributed by atoms with Gasteiger partial charge in [-0.2, -0.15) is 0 Å². The Kier molecular flexibility index (Phi) is 12.6. The topological polar surface area (TPSA) is 86.7 Å². The number of hydrogen-bond acceptors (Lipinski definition) is 8. The molecule has 8 nitrogen and oxygen atoms in total. The molecule has 2 bridgehead atoms. The molecule has 4 rings (SSSR count). The fourth-order valence-corrected chi connectivity index (χ4v) is 7.83. The summed E-state index contributed by atoms with van der Waals surface area (Å²) < 4.78 is 0. The summed E-state index contributed by atoms with van der Waals surface area (Å²) in [4.78, 5) is 59.3. The fraction of sp³-hybridized carbons (Fsp3) is 0.649. The molecule has 8 heteroatoms. The first-order valence-corrected chi connectivity index (χ1v) is 17.2. The van der Waals surface area contributed by atoms with E-state index >= 15 is 4.79 Å². The normalized spacial score (nSPS) is 25.5. The van der Waals surface area contributed by atoms with Crippen LogP contribution in [0, 0.1) is 10.8 Å². The molecule has 2 aromatic heterocycles. The van der Waals surface area contributed by atoms with Gasteiger partial charge in [0.1, 0.15) is 22.4 Å². The smallest absolute Gasteiger partial charge is 0.166 e. The maximum atomic E-state index is 15.1. The molecule has 0 aliphatic carbocycles. The van der Waals surface area contributed by atoms with Crippen molar-refractivity contribution in [2.24, 2.45) is 10.8 Å². The zero-order chi connectivity index (χ0) is 32.5. The highest BCUT2D eigenvalue weighted by atomic mass is 16.2. The third kappa shape index (κ3) is 7.44. The van der Waals surface area contributed by atoms with E-state index in [9.17, 15) is 9.59 Å². The van der Waals surface area contributed by atoms with Gasteiger partial charge in [-0.3, -0.25) is 34.2 Å². The molecular weight excluding hydrogens is 562 g/mol. The zero-order valence-electron chi connectivity index (χ0n) is 28.3. The molecule has 45 heavy (non-hydrogen) atoms. The van der Waals surface area contributed by atoms with E-state index in [1.54, 1.807) is 12.4 Å². The van der Waals surface area contributed by atoms with Gasteiger partial charge in [-0.15, -0.1) is 0 Å². The summed E-state index contributed by atoms with van der Waals surface area (Å²) in [6.45, 7) is 7.91. The van der Waals surface area contributed by atoms with Crippen LogP contribution in [0.25, 0.3) is 0 Å². The molecule has 2 aromatic rings. The van der Waals surface area contributed by atoms with E-state index in [4.69, 9.17) is 9.97 Å². The van der Waals surface area contributed by atoms with Crippen LogP contribution in [-0.4, -0.2) is 88.8 Å². The first-order valence-electron chi connectivity index (χ1n) is 17.2. The average Bonchev–Trinajstić information content (AvgIpc) is 3.02. The first-order chi connectivity index (χ1) is 21.7. The lowest BCUT2D eigenvalue weighted by Crippen LogP contribution is -2.75. The monoisotopic (exact) mass is 617 g/mol. The number of rotatable bonds is 18. The molecule has 0 radical (unpaired) electrons.